The van der Waals surface area contributed by atoms with Gasteiger partial charge in [-0.3, -0.25) is 0 Å². The Hall–Kier alpha value is -1.52. The van der Waals surface area contributed by atoms with Crippen molar-refractivity contribution in [3.05, 3.63) is 35.5 Å². The molecule has 5 heteroatoms. The smallest absolute Gasteiger partial charge is 0.332 e. The van der Waals surface area contributed by atoms with Crippen molar-refractivity contribution in [1.29, 1.82) is 0 Å². The second-order valence-electron chi connectivity index (χ2n) is 4.81. The van der Waals surface area contributed by atoms with Crippen molar-refractivity contribution in [3.8, 4) is 0 Å². The van der Waals surface area contributed by atoms with E-state index in [0.29, 0.717) is 18.0 Å². The number of fused-ring (bicyclic) bond motifs is 1. The zero-order valence-corrected chi connectivity index (χ0v) is 11.0. The van der Waals surface area contributed by atoms with Gasteiger partial charge in [-0.15, -0.1) is 0 Å². The molecule has 100 valence electrons. The van der Waals surface area contributed by atoms with E-state index in [4.69, 9.17) is 21.4 Å². The SMILES string of the molecule is O=C(O)C1CCC(Cn2ccc3cccc(Cl)c32)O1. The monoisotopic (exact) mass is 279 g/mol. The molecule has 2 unspecified atom stereocenters. The minimum Gasteiger partial charge on any atom is -0.479 e. The quantitative estimate of drug-likeness (QED) is 0.940. The van der Waals surface area contributed by atoms with E-state index in [9.17, 15) is 4.79 Å². The van der Waals surface area contributed by atoms with Crippen LogP contribution in [0, 0.1) is 0 Å². The Balaban J connectivity index is 1.81. The van der Waals surface area contributed by atoms with Crippen molar-refractivity contribution >= 4 is 28.5 Å². The van der Waals surface area contributed by atoms with Gasteiger partial charge in [-0.25, -0.2) is 4.79 Å². The normalized spacial score (nSPS) is 23.0. The number of hydrogen-bond donors (Lipinski definition) is 1. The molecule has 0 bridgehead atoms. The second kappa shape index (κ2) is 4.87. The third-order valence-electron chi connectivity index (χ3n) is 3.52. The second-order valence-corrected chi connectivity index (χ2v) is 5.22. The highest BCUT2D eigenvalue weighted by molar-refractivity contribution is 6.35. The summed E-state index contributed by atoms with van der Waals surface area (Å²) in [6.07, 6.45) is 2.58. The van der Waals surface area contributed by atoms with Crippen LogP contribution in [0.2, 0.25) is 5.02 Å². The Bertz CT molecular complexity index is 622. The highest BCUT2D eigenvalue weighted by Crippen LogP contribution is 2.27. The molecule has 1 fully saturated rings. The fraction of sp³-hybridized carbons (Fsp3) is 0.357. The largest absolute Gasteiger partial charge is 0.479 e. The van der Waals surface area contributed by atoms with E-state index in [2.05, 4.69) is 0 Å². The van der Waals surface area contributed by atoms with Gasteiger partial charge in [0.25, 0.3) is 0 Å². The molecule has 2 atom stereocenters. The molecule has 1 aliphatic rings. The third kappa shape index (κ3) is 2.33. The van der Waals surface area contributed by atoms with E-state index in [0.717, 1.165) is 17.3 Å². The first kappa shape index (κ1) is 12.5. The van der Waals surface area contributed by atoms with E-state index in [-0.39, 0.29) is 6.10 Å². The van der Waals surface area contributed by atoms with Gasteiger partial charge in [0.05, 0.1) is 16.6 Å². The van der Waals surface area contributed by atoms with Crippen molar-refractivity contribution in [2.75, 3.05) is 0 Å². The molecule has 0 amide bonds. The molecule has 0 saturated carbocycles. The van der Waals surface area contributed by atoms with Crippen LogP contribution < -0.4 is 0 Å². The lowest BCUT2D eigenvalue weighted by atomic mass is 10.2. The Kier molecular flexibility index (Phi) is 3.21. The van der Waals surface area contributed by atoms with E-state index in [1.165, 1.54) is 0 Å². The number of carbonyl (C=O) groups is 1. The number of ether oxygens (including phenoxy) is 1. The molecule has 1 N–H and O–H groups in total. The first-order valence-corrected chi connectivity index (χ1v) is 6.64. The van der Waals surface area contributed by atoms with Crippen LogP contribution in [0.1, 0.15) is 12.8 Å². The maximum absolute atomic E-state index is 10.9. The summed E-state index contributed by atoms with van der Waals surface area (Å²) >= 11 is 6.21. The number of halogens is 1. The number of carboxylic acid groups (broad SMARTS) is 1. The van der Waals surface area contributed by atoms with Crippen LogP contribution in [-0.2, 0) is 16.1 Å². The minimum absolute atomic E-state index is 0.0621. The molecule has 0 aliphatic carbocycles. The number of rotatable bonds is 3. The minimum atomic E-state index is -0.877. The number of benzene rings is 1. The first-order chi connectivity index (χ1) is 9.15. The fourth-order valence-corrected chi connectivity index (χ4v) is 2.90. The molecule has 1 aromatic heterocycles. The van der Waals surface area contributed by atoms with Gasteiger partial charge in [0.2, 0.25) is 0 Å². The van der Waals surface area contributed by atoms with Crippen LogP contribution in [0.25, 0.3) is 10.9 Å². The fourth-order valence-electron chi connectivity index (χ4n) is 2.61. The van der Waals surface area contributed by atoms with Gasteiger partial charge in [0.15, 0.2) is 6.10 Å². The van der Waals surface area contributed by atoms with Gasteiger partial charge >= 0.3 is 5.97 Å². The van der Waals surface area contributed by atoms with Crippen molar-refractivity contribution < 1.29 is 14.6 Å². The van der Waals surface area contributed by atoms with Crippen LogP contribution >= 0.6 is 11.6 Å². The molecule has 2 heterocycles. The summed E-state index contributed by atoms with van der Waals surface area (Å²) in [5.41, 5.74) is 0.978. The summed E-state index contributed by atoms with van der Waals surface area (Å²) in [4.78, 5) is 10.9. The Morgan fingerprint density at radius 2 is 2.26 bits per heavy atom. The van der Waals surface area contributed by atoms with Gasteiger partial charge in [0, 0.05) is 18.1 Å². The van der Waals surface area contributed by atoms with Crippen LogP contribution in [0.3, 0.4) is 0 Å². The number of para-hydroxylation sites is 1. The van der Waals surface area contributed by atoms with E-state index >= 15 is 0 Å². The predicted octanol–water partition coefficient (Wildman–Crippen LogP) is 2.93. The van der Waals surface area contributed by atoms with Crippen molar-refractivity contribution in [2.45, 2.75) is 31.6 Å². The molecule has 19 heavy (non-hydrogen) atoms. The number of hydrogen-bond acceptors (Lipinski definition) is 2. The maximum Gasteiger partial charge on any atom is 0.332 e. The van der Waals surface area contributed by atoms with Crippen molar-refractivity contribution in [3.63, 3.8) is 0 Å². The van der Waals surface area contributed by atoms with Gasteiger partial charge < -0.3 is 14.4 Å². The third-order valence-corrected chi connectivity index (χ3v) is 3.83. The molecular formula is C14H14ClNO3. The number of aliphatic carboxylic acids is 1. The molecule has 0 spiro atoms. The van der Waals surface area contributed by atoms with Gasteiger partial charge in [-0.2, -0.15) is 0 Å². The average molecular weight is 280 g/mol. The van der Waals surface area contributed by atoms with Crippen LogP contribution in [0.5, 0.6) is 0 Å². The molecular weight excluding hydrogens is 266 g/mol. The zero-order chi connectivity index (χ0) is 13.4. The zero-order valence-electron chi connectivity index (χ0n) is 10.3. The molecule has 4 nitrogen and oxygen atoms in total. The van der Waals surface area contributed by atoms with E-state index in [1.807, 2.05) is 35.0 Å². The van der Waals surface area contributed by atoms with Crippen molar-refractivity contribution in [2.24, 2.45) is 0 Å². The molecule has 1 saturated heterocycles. The summed E-state index contributed by atoms with van der Waals surface area (Å²) in [5, 5.41) is 10.7. The number of aromatic nitrogens is 1. The predicted molar refractivity (Wildman–Crippen MR) is 72.5 cm³/mol. The summed E-state index contributed by atoms with van der Waals surface area (Å²) in [7, 11) is 0. The average Bonchev–Trinajstić information content (AvgIpc) is 2.98. The Morgan fingerprint density at radius 3 is 3.00 bits per heavy atom. The topological polar surface area (TPSA) is 51.5 Å². The molecule has 1 aliphatic heterocycles. The van der Waals surface area contributed by atoms with Crippen LogP contribution in [-0.4, -0.2) is 27.9 Å². The van der Waals surface area contributed by atoms with Crippen LogP contribution in [0.15, 0.2) is 30.5 Å². The molecule has 3 rings (SSSR count). The van der Waals surface area contributed by atoms with Gasteiger partial charge in [-0.1, -0.05) is 23.7 Å². The highest BCUT2D eigenvalue weighted by Gasteiger charge is 2.30. The molecule has 1 aromatic carbocycles. The first-order valence-electron chi connectivity index (χ1n) is 6.27. The Morgan fingerprint density at radius 1 is 1.42 bits per heavy atom. The van der Waals surface area contributed by atoms with E-state index < -0.39 is 12.1 Å². The highest BCUT2D eigenvalue weighted by atomic mass is 35.5. The lowest BCUT2D eigenvalue weighted by molar-refractivity contribution is -0.149. The summed E-state index contributed by atoms with van der Waals surface area (Å²) in [6.45, 7) is 0.636. The van der Waals surface area contributed by atoms with Gasteiger partial charge in [-0.05, 0) is 25.0 Å². The molecule has 0 radical (unpaired) electrons. The Labute approximate surface area is 115 Å². The lowest BCUT2D eigenvalue weighted by Gasteiger charge is -2.13. The molecule has 2 aromatic rings. The lowest BCUT2D eigenvalue weighted by Crippen LogP contribution is -2.22. The summed E-state index contributed by atoms with van der Waals surface area (Å²) < 4.78 is 7.56. The summed E-state index contributed by atoms with van der Waals surface area (Å²) in [5.74, 6) is -0.877. The van der Waals surface area contributed by atoms with E-state index in [1.54, 1.807) is 0 Å². The standard InChI is InChI=1S/C14H14ClNO3/c15-11-3-1-2-9-6-7-16(13(9)11)8-10-4-5-12(19-10)14(17)18/h1-3,6-7,10,12H,4-5,8H2,(H,17,18). The summed E-state index contributed by atoms with van der Waals surface area (Å²) in [6, 6.07) is 7.79. The number of nitrogens with zero attached hydrogens (tertiary/aromatic N) is 1. The van der Waals surface area contributed by atoms with Crippen molar-refractivity contribution in [1.82, 2.24) is 4.57 Å². The number of carboxylic acids is 1. The maximum atomic E-state index is 10.9. The van der Waals surface area contributed by atoms with Crippen LogP contribution in [0.4, 0.5) is 0 Å². The van der Waals surface area contributed by atoms with Gasteiger partial charge in [0.1, 0.15) is 0 Å².